The predicted octanol–water partition coefficient (Wildman–Crippen LogP) is 2.74. The molecular weight excluding hydrogens is 334 g/mol. The molecule has 2 heterocycles. The van der Waals surface area contributed by atoms with Gasteiger partial charge in [0.05, 0.1) is 25.2 Å². The van der Waals surface area contributed by atoms with Crippen molar-refractivity contribution in [2.75, 3.05) is 27.3 Å². The number of nitrogens with zero attached hydrogens (tertiary/aromatic N) is 3. The Labute approximate surface area is 144 Å². The van der Waals surface area contributed by atoms with Crippen LogP contribution in [0, 0.1) is 0 Å². The fourth-order valence-electron chi connectivity index (χ4n) is 2.81. The number of aromatic nitrogens is 2. The third kappa shape index (κ3) is 3.03. The third-order valence-corrected chi connectivity index (χ3v) is 4.40. The van der Waals surface area contributed by atoms with Crippen LogP contribution >= 0.6 is 11.6 Å². The van der Waals surface area contributed by atoms with Gasteiger partial charge >= 0.3 is 0 Å². The van der Waals surface area contributed by atoms with E-state index >= 15 is 0 Å². The predicted molar refractivity (Wildman–Crippen MR) is 87.5 cm³/mol. The number of methoxy groups -OCH3 is 2. The van der Waals surface area contributed by atoms with E-state index in [0.29, 0.717) is 46.9 Å². The topological polar surface area (TPSA) is 77.7 Å². The van der Waals surface area contributed by atoms with E-state index in [1.807, 2.05) is 0 Å². The van der Waals surface area contributed by atoms with Gasteiger partial charge in [0.15, 0.2) is 11.5 Å². The number of rotatable bonds is 4. The lowest BCUT2D eigenvalue weighted by Gasteiger charge is -2.11. The van der Waals surface area contributed by atoms with Crippen molar-refractivity contribution in [3.05, 3.63) is 23.0 Å². The number of carbonyl (C=O) groups excluding carboxylic acids is 1. The van der Waals surface area contributed by atoms with Crippen LogP contribution in [0.2, 0.25) is 5.02 Å². The number of hydrogen-bond donors (Lipinski definition) is 0. The van der Waals surface area contributed by atoms with Crippen LogP contribution in [0.5, 0.6) is 11.5 Å². The molecule has 0 spiro atoms. The molecule has 0 unspecified atom stereocenters. The molecule has 0 bridgehead atoms. The van der Waals surface area contributed by atoms with Crippen LogP contribution < -0.4 is 9.47 Å². The lowest BCUT2D eigenvalue weighted by Crippen LogP contribution is -2.25. The summed E-state index contributed by atoms with van der Waals surface area (Å²) in [4.78, 5) is 17.7. The first kappa shape index (κ1) is 16.6. The zero-order chi connectivity index (χ0) is 17.3. The van der Waals surface area contributed by atoms with E-state index in [4.69, 9.17) is 25.6 Å². The summed E-state index contributed by atoms with van der Waals surface area (Å²) in [5.41, 5.74) is 0.675. The van der Waals surface area contributed by atoms with Crippen LogP contribution in [-0.2, 0) is 4.79 Å². The van der Waals surface area contributed by atoms with Crippen molar-refractivity contribution in [1.29, 1.82) is 0 Å². The fraction of sp³-hybridized carbons (Fsp3) is 0.438. The molecule has 1 atom stereocenters. The summed E-state index contributed by atoms with van der Waals surface area (Å²) in [7, 11) is 3.06. The Morgan fingerprint density at radius 1 is 1.38 bits per heavy atom. The minimum absolute atomic E-state index is 0.0592. The molecule has 1 saturated heterocycles. The van der Waals surface area contributed by atoms with Gasteiger partial charge in [-0.2, -0.15) is 4.98 Å². The quantitative estimate of drug-likeness (QED) is 0.842. The molecule has 0 saturated carbocycles. The molecule has 128 valence electrons. The highest BCUT2D eigenvalue weighted by Gasteiger charge is 2.30. The molecule has 0 aliphatic carbocycles. The van der Waals surface area contributed by atoms with Gasteiger partial charge in [-0.05, 0) is 18.6 Å². The molecule has 24 heavy (non-hydrogen) atoms. The molecular formula is C16H18ClN3O4. The molecule has 1 aliphatic heterocycles. The maximum Gasteiger partial charge on any atom is 0.231 e. The van der Waals surface area contributed by atoms with Crippen molar-refractivity contribution in [2.45, 2.75) is 19.3 Å². The van der Waals surface area contributed by atoms with Gasteiger partial charge in [0.1, 0.15) is 0 Å². The van der Waals surface area contributed by atoms with Crippen LogP contribution in [0.15, 0.2) is 16.7 Å². The molecule has 2 aromatic rings. The zero-order valence-corrected chi connectivity index (χ0v) is 14.5. The first-order valence-electron chi connectivity index (χ1n) is 7.54. The Balaban J connectivity index is 1.86. The first-order valence-corrected chi connectivity index (χ1v) is 7.92. The highest BCUT2D eigenvalue weighted by atomic mass is 35.5. The summed E-state index contributed by atoms with van der Waals surface area (Å²) in [6.07, 6.45) is 0.813. The fourth-order valence-corrected chi connectivity index (χ4v) is 3.10. The van der Waals surface area contributed by atoms with Crippen LogP contribution in [0.4, 0.5) is 0 Å². The number of carbonyl (C=O) groups is 1. The van der Waals surface area contributed by atoms with E-state index in [1.54, 1.807) is 24.0 Å². The Morgan fingerprint density at radius 2 is 2.17 bits per heavy atom. The Bertz CT molecular complexity index is 762. The lowest BCUT2D eigenvalue weighted by molar-refractivity contribution is -0.127. The normalized spacial score (nSPS) is 17.2. The van der Waals surface area contributed by atoms with Crippen LogP contribution in [0.3, 0.4) is 0 Å². The highest BCUT2D eigenvalue weighted by Crippen LogP contribution is 2.39. The minimum Gasteiger partial charge on any atom is -0.493 e. The van der Waals surface area contributed by atoms with Crippen LogP contribution in [-0.4, -0.2) is 48.3 Å². The van der Waals surface area contributed by atoms with Gasteiger partial charge in [0.25, 0.3) is 0 Å². The molecule has 1 aromatic heterocycles. The van der Waals surface area contributed by atoms with Gasteiger partial charge in [0, 0.05) is 25.6 Å². The molecule has 8 heteroatoms. The molecule has 0 N–H and O–H groups in total. The standard InChI is InChI=1S/C16H18ClN3O4/c1-9(21)20-5-4-10(8-20)16-18-15(19-24-16)11-6-12(17)14(23-3)13(7-11)22-2/h6-7,10H,4-5,8H2,1-3H3/t10-/m1/s1. The summed E-state index contributed by atoms with van der Waals surface area (Å²) >= 11 is 6.22. The number of ether oxygens (including phenoxy) is 2. The summed E-state index contributed by atoms with van der Waals surface area (Å²) in [5.74, 6) is 2.03. The van der Waals surface area contributed by atoms with E-state index in [0.717, 1.165) is 6.42 Å². The smallest absolute Gasteiger partial charge is 0.231 e. The van der Waals surface area contributed by atoms with Crippen molar-refractivity contribution in [3.8, 4) is 22.9 Å². The van der Waals surface area contributed by atoms with Crippen molar-refractivity contribution in [3.63, 3.8) is 0 Å². The number of amides is 1. The maximum absolute atomic E-state index is 11.4. The van der Waals surface area contributed by atoms with E-state index in [2.05, 4.69) is 10.1 Å². The Kier molecular flexibility index (Phi) is 4.62. The first-order chi connectivity index (χ1) is 11.5. The summed E-state index contributed by atoms with van der Waals surface area (Å²) in [5, 5.41) is 4.43. The lowest BCUT2D eigenvalue weighted by atomic mass is 10.1. The number of hydrogen-bond acceptors (Lipinski definition) is 6. The largest absolute Gasteiger partial charge is 0.493 e. The van der Waals surface area contributed by atoms with Crippen molar-refractivity contribution >= 4 is 17.5 Å². The highest BCUT2D eigenvalue weighted by molar-refractivity contribution is 6.32. The second kappa shape index (κ2) is 6.68. The number of benzene rings is 1. The molecule has 1 aliphatic rings. The SMILES string of the molecule is COc1cc(-c2noc([C@@H]3CCN(C(C)=O)C3)n2)cc(Cl)c1OC. The van der Waals surface area contributed by atoms with Gasteiger partial charge in [-0.3, -0.25) is 4.79 Å². The van der Waals surface area contributed by atoms with Crippen molar-refractivity contribution < 1.29 is 18.8 Å². The average molecular weight is 352 g/mol. The van der Waals surface area contributed by atoms with E-state index in [1.165, 1.54) is 14.2 Å². The van der Waals surface area contributed by atoms with Gasteiger partial charge in [-0.1, -0.05) is 16.8 Å². The molecule has 7 nitrogen and oxygen atoms in total. The van der Waals surface area contributed by atoms with E-state index in [9.17, 15) is 4.79 Å². The van der Waals surface area contributed by atoms with Crippen LogP contribution in [0.1, 0.15) is 25.2 Å². The molecule has 1 aromatic carbocycles. The zero-order valence-electron chi connectivity index (χ0n) is 13.7. The maximum atomic E-state index is 11.4. The summed E-state index contributed by atoms with van der Waals surface area (Å²) in [6, 6.07) is 3.45. The van der Waals surface area contributed by atoms with Gasteiger partial charge in [-0.25, -0.2) is 0 Å². The van der Waals surface area contributed by atoms with E-state index < -0.39 is 0 Å². The Morgan fingerprint density at radius 3 is 2.79 bits per heavy atom. The monoisotopic (exact) mass is 351 g/mol. The Hall–Kier alpha value is -2.28. The molecule has 1 amide bonds. The molecule has 0 radical (unpaired) electrons. The summed E-state index contributed by atoms with van der Waals surface area (Å²) in [6.45, 7) is 2.87. The van der Waals surface area contributed by atoms with E-state index in [-0.39, 0.29) is 11.8 Å². The minimum atomic E-state index is 0.0592. The van der Waals surface area contributed by atoms with Crippen LogP contribution in [0.25, 0.3) is 11.4 Å². The summed E-state index contributed by atoms with van der Waals surface area (Å²) < 4.78 is 15.9. The number of halogens is 1. The molecule has 3 rings (SSSR count). The second-order valence-corrected chi connectivity index (χ2v) is 6.01. The van der Waals surface area contributed by atoms with Gasteiger partial charge in [-0.15, -0.1) is 0 Å². The average Bonchev–Trinajstić information content (AvgIpc) is 3.22. The van der Waals surface area contributed by atoms with Gasteiger partial charge in [0.2, 0.25) is 17.6 Å². The van der Waals surface area contributed by atoms with Crippen molar-refractivity contribution in [2.24, 2.45) is 0 Å². The third-order valence-electron chi connectivity index (χ3n) is 4.12. The molecule has 1 fully saturated rings. The van der Waals surface area contributed by atoms with Crippen molar-refractivity contribution in [1.82, 2.24) is 15.0 Å². The number of likely N-dealkylation sites (tertiary alicyclic amines) is 1. The van der Waals surface area contributed by atoms with Gasteiger partial charge < -0.3 is 18.9 Å². The second-order valence-electron chi connectivity index (χ2n) is 5.60.